The van der Waals surface area contributed by atoms with Gasteiger partial charge in [0.05, 0.1) is 4.92 Å². The zero-order chi connectivity index (χ0) is 15.6. The Morgan fingerprint density at radius 3 is 2.24 bits per heavy atom. The van der Waals surface area contributed by atoms with Crippen LogP contribution in [0.4, 0.5) is 5.69 Å². The molecule has 0 aromatic heterocycles. The molecule has 2 rings (SSSR count). The lowest BCUT2D eigenvalue weighted by molar-refractivity contribution is -0.385. The van der Waals surface area contributed by atoms with Crippen LogP contribution in [-0.4, -0.2) is 16.0 Å². The highest BCUT2D eigenvalue weighted by Crippen LogP contribution is 2.33. The molecule has 0 saturated carbocycles. The van der Waals surface area contributed by atoms with Crippen molar-refractivity contribution in [3.63, 3.8) is 0 Å². The summed E-state index contributed by atoms with van der Waals surface area (Å²) in [7, 11) is 0. The third-order valence-electron chi connectivity index (χ3n) is 2.90. The lowest BCUT2D eigenvalue weighted by Gasteiger charge is -2.10. The van der Waals surface area contributed by atoms with Gasteiger partial charge in [-0.05, 0) is 37.6 Å². The molecular weight excluding hydrogens is 274 g/mol. The Morgan fingerprint density at radius 2 is 1.67 bits per heavy atom. The van der Waals surface area contributed by atoms with Gasteiger partial charge in [0, 0.05) is 6.07 Å². The molecule has 1 N–H and O–H groups in total. The Hall–Kier alpha value is -2.89. The summed E-state index contributed by atoms with van der Waals surface area (Å²) in [4.78, 5) is 21.7. The molecule has 0 amide bonds. The number of benzene rings is 2. The number of nitro groups is 1. The minimum Gasteiger partial charge on any atom is -0.478 e. The van der Waals surface area contributed by atoms with Crippen LogP contribution < -0.4 is 4.74 Å². The summed E-state index contributed by atoms with van der Waals surface area (Å²) in [6, 6.07) is 9.13. The minimum absolute atomic E-state index is 0.0111. The van der Waals surface area contributed by atoms with E-state index in [4.69, 9.17) is 4.74 Å². The Morgan fingerprint density at radius 1 is 1.10 bits per heavy atom. The number of ether oxygens (including phenoxy) is 1. The highest BCUT2D eigenvalue weighted by Gasteiger charge is 2.19. The van der Waals surface area contributed by atoms with Crippen molar-refractivity contribution in [2.24, 2.45) is 0 Å². The summed E-state index contributed by atoms with van der Waals surface area (Å²) in [5.41, 5.74) is 1.24. The van der Waals surface area contributed by atoms with Gasteiger partial charge >= 0.3 is 11.7 Å². The molecular formula is C15H13NO5. The Balaban J connectivity index is 2.48. The SMILES string of the molecule is Cc1ccc(Oc2ccc(C)cc2[N+](=O)[O-])c(C(=O)O)c1. The minimum atomic E-state index is -1.15. The molecule has 0 aliphatic heterocycles. The molecule has 6 heteroatoms. The summed E-state index contributed by atoms with van der Waals surface area (Å²) in [5, 5.41) is 20.2. The highest BCUT2D eigenvalue weighted by atomic mass is 16.6. The van der Waals surface area contributed by atoms with Crippen LogP contribution >= 0.6 is 0 Å². The van der Waals surface area contributed by atoms with E-state index in [0.29, 0.717) is 0 Å². The Kier molecular flexibility index (Phi) is 3.89. The fourth-order valence-electron chi connectivity index (χ4n) is 1.87. The number of rotatable bonds is 4. The molecule has 0 fully saturated rings. The monoisotopic (exact) mass is 287 g/mol. The van der Waals surface area contributed by atoms with Crippen molar-refractivity contribution < 1.29 is 19.6 Å². The fraction of sp³-hybridized carbons (Fsp3) is 0.133. The predicted molar refractivity (Wildman–Crippen MR) is 76.0 cm³/mol. The van der Waals surface area contributed by atoms with Crippen LogP contribution in [0.15, 0.2) is 36.4 Å². The first-order valence-electron chi connectivity index (χ1n) is 6.15. The standard InChI is InChI=1S/C15H13NO5/c1-9-3-5-13(11(7-9)15(17)18)21-14-6-4-10(2)8-12(14)16(19)20/h3-8H,1-2H3,(H,17,18). The van der Waals surface area contributed by atoms with E-state index < -0.39 is 10.9 Å². The molecule has 0 saturated heterocycles. The number of carbonyl (C=O) groups is 1. The van der Waals surface area contributed by atoms with Crippen molar-refractivity contribution >= 4 is 11.7 Å². The third kappa shape index (κ3) is 3.17. The molecule has 0 aliphatic carbocycles. The van der Waals surface area contributed by atoms with Crippen LogP contribution in [0.2, 0.25) is 0 Å². The van der Waals surface area contributed by atoms with Crippen LogP contribution in [0, 0.1) is 24.0 Å². The second kappa shape index (κ2) is 5.62. The molecule has 0 aliphatic rings. The average Bonchev–Trinajstić information content (AvgIpc) is 2.42. The molecule has 0 bridgehead atoms. The van der Waals surface area contributed by atoms with Gasteiger partial charge in [0.15, 0.2) is 0 Å². The Labute approximate surface area is 120 Å². The predicted octanol–water partition coefficient (Wildman–Crippen LogP) is 3.70. The maximum absolute atomic E-state index is 11.2. The Bertz CT molecular complexity index is 662. The molecule has 0 radical (unpaired) electrons. The summed E-state index contributed by atoms with van der Waals surface area (Å²) in [6.07, 6.45) is 0. The molecule has 2 aromatic carbocycles. The van der Waals surface area contributed by atoms with Crippen molar-refractivity contribution in [2.75, 3.05) is 0 Å². The van der Waals surface area contributed by atoms with Crippen molar-refractivity contribution in [3.05, 3.63) is 63.2 Å². The summed E-state index contributed by atoms with van der Waals surface area (Å²) >= 11 is 0. The van der Waals surface area contributed by atoms with Crippen LogP contribution in [-0.2, 0) is 0 Å². The molecule has 21 heavy (non-hydrogen) atoms. The maximum atomic E-state index is 11.2. The average molecular weight is 287 g/mol. The topological polar surface area (TPSA) is 89.7 Å². The number of hydrogen-bond acceptors (Lipinski definition) is 4. The number of carboxylic acid groups (broad SMARTS) is 1. The van der Waals surface area contributed by atoms with Crippen LogP contribution in [0.5, 0.6) is 11.5 Å². The molecule has 0 unspecified atom stereocenters. The van der Waals surface area contributed by atoms with E-state index >= 15 is 0 Å². The zero-order valence-electron chi connectivity index (χ0n) is 11.5. The van der Waals surface area contributed by atoms with E-state index in [9.17, 15) is 20.0 Å². The summed E-state index contributed by atoms with van der Waals surface area (Å²) in [6.45, 7) is 3.48. The molecule has 0 spiro atoms. The van der Waals surface area contributed by atoms with Crippen LogP contribution in [0.1, 0.15) is 21.5 Å². The smallest absolute Gasteiger partial charge is 0.339 e. The van der Waals surface area contributed by atoms with E-state index in [1.807, 2.05) is 0 Å². The number of aromatic carboxylic acids is 1. The van der Waals surface area contributed by atoms with Gasteiger partial charge in [0.2, 0.25) is 5.75 Å². The van der Waals surface area contributed by atoms with Gasteiger partial charge in [-0.25, -0.2) is 4.79 Å². The van der Waals surface area contributed by atoms with E-state index in [1.54, 1.807) is 26.0 Å². The molecule has 6 nitrogen and oxygen atoms in total. The van der Waals surface area contributed by atoms with Gasteiger partial charge < -0.3 is 9.84 Å². The lowest BCUT2D eigenvalue weighted by Crippen LogP contribution is -2.02. The first-order valence-corrected chi connectivity index (χ1v) is 6.15. The van der Waals surface area contributed by atoms with Crippen LogP contribution in [0.3, 0.4) is 0 Å². The van der Waals surface area contributed by atoms with E-state index in [2.05, 4.69) is 0 Å². The second-order valence-corrected chi connectivity index (χ2v) is 4.64. The van der Waals surface area contributed by atoms with Gasteiger partial charge in [-0.15, -0.1) is 0 Å². The van der Waals surface area contributed by atoms with Gasteiger partial charge in [0.1, 0.15) is 11.3 Å². The second-order valence-electron chi connectivity index (χ2n) is 4.64. The van der Waals surface area contributed by atoms with Gasteiger partial charge in [-0.1, -0.05) is 17.7 Å². The highest BCUT2D eigenvalue weighted by molar-refractivity contribution is 5.91. The molecule has 0 atom stereocenters. The van der Waals surface area contributed by atoms with Gasteiger partial charge in [0.25, 0.3) is 0 Å². The molecule has 108 valence electrons. The normalized spacial score (nSPS) is 10.2. The summed E-state index contributed by atoms with van der Waals surface area (Å²) < 4.78 is 5.45. The maximum Gasteiger partial charge on any atom is 0.339 e. The first-order chi connectivity index (χ1) is 9.88. The largest absolute Gasteiger partial charge is 0.478 e. The van der Waals surface area contributed by atoms with Crippen molar-refractivity contribution in [3.8, 4) is 11.5 Å². The quantitative estimate of drug-likeness (QED) is 0.684. The lowest BCUT2D eigenvalue weighted by atomic mass is 10.1. The van der Waals surface area contributed by atoms with Crippen molar-refractivity contribution in [1.82, 2.24) is 0 Å². The van der Waals surface area contributed by atoms with Gasteiger partial charge in [-0.3, -0.25) is 10.1 Å². The number of hydrogen-bond donors (Lipinski definition) is 1. The number of carboxylic acids is 1. The summed E-state index contributed by atoms with van der Waals surface area (Å²) in [5.74, 6) is -1.07. The number of aryl methyl sites for hydroxylation is 2. The molecule has 2 aromatic rings. The number of nitrogens with zero attached hydrogens (tertiary/aromatic N) is 1. The van der Waals surface area contributed by atoms with E-state index in [-0.39, 0.29) is 22.7 Å². The number of nitro benzene ring substituents is 1. The van der Waals surface area contributed by atoms with E-state index in [1.165, 1.54) is 24.3 Å². The van der Waals surface area contributed by atoms with Crippen LogP contribution in [0.25, 0.3) is 0 Å². The molecule has 0 heterocycles. The first kappa shape index (κ1) is 14.5. The zero-order valence-corrected chi connectivity index (χ0v) is 11.5. The van der Waals surface area contributed by atoms with E-state index in [0.717, 1.165) is 11.1 Å². The third-order valence-corrected chi connectivity index (χ3v) is 2.90. The van der Waals surface area contributed by atoms with Crippen molar-refractivity contribution in [2.45, 2.75) is 13.8 Å². The fourth-order valence-corrected chi connectivity index (χ4v) is 1.87. The van der Waals surface area contributed by atoms with Gasteiger partial charge in [-0.2, -0.15) is 0 Å². The van der Waals surface area contributed by atoms with Crippen molar-refractivity contribution in [1.29, 1.82) is 0 Å².